The molecule has 0 spiro atoms. The third kappa shape index (κ3) is 18.5. The molecule has 4 aromatic rings. The molecule has 0 saturated heterocycles. The van der Waals surface area contributed by atoms with Gasteiger partial charge in [-0.15, -0.1) is 0 Å². The summed E-state index contributed by atoms with van der Waals surface area (Å²) in [5.74, 6) is 1.91. The molecular formula is C60H94N4O3Si2. The molecule has 2 aliphatic rings. The van der Waals surface area contributed by atoms with Crippen LogP contribution in [0.4, 0.5) is 0 Å². The highest BCUT2D eigenvalue weighted by Crippen LogP contribution is 2.42. The lowest BCUT2D eigenvalue weighted by Crippen LogP contribution is -2.33. The lowest BCUT2D eigenvalue weighted by molar-refractivity contribution is 0.281. The third-order valence-electron chi connectivity index (χ3n) is 16.2. The molecule has 0 atom stereocenters. The van der Waals surface area contributed by atoms with E-state index < -0.39 is 16.1 Å². The molecule has 2 aromatic heterocycles. The average Bonchev–Trinajstić information content (AvgIpc) is 3.37. The van der Waals surface area contributed by atoms with Gasteiger partial charge in [0.2, 0.25) is 0 Å². The van der Waals surface area contributed by atoms with Crippen LogP contribution in [-0.2, 0) is 12.8 Å². The first-order chi connectivity index (χ1) is 33.6. The maximum atomic E-state index is 7.13. The minimum absolute atomic E-state index is 0.465. The third-order valence-corrected chi connectivity index (χ3v) is 25.0. The Labute approximate surface area is 422 Å². The largest absolute Gasteiger partial charge is 0.463 e. The summed E-state index contributed by atoms with van der Waals surface area (Å²) in [7, 11) is -2.55. The minimum Gasteiger partial charge on any atom is -0.463 e. The summed E-state index contributed by atoms with van der Waals surface area (Å²) in [5.41, 5.74) is 8.74. The van der Waals surface area contributed by atoms with E-state index in [0.717, 1.165) is 83.4 Å². The molecule has 7 nitrogen and oxygen atoms in total. The highest BCUT2D eigenvalue weighted by atomic mass is 28.3. The van der Waals surface area contributed by atoms with Crippen LogP contribution in [-0.4, -0.2) is 49.3 Å². The molecule has 2 heterocycles. The monoisotopic (exact) mass is 975 g/mol. The second-order valence-electron chi connectivity index (χ2n) is 22.5. The van der Waals surface area contributed by atoms with E-state index in [1.807, 2.05) is 24.8 Å². The van der Waals surface area contributed by atoms with Crippen molar-refractivity contribution in [2.45, 2.75) is 243 Å². The van der Waals surface area contributed by atoms with E-state index in [4.69, 9.17) is 14.2 Å². The number of nitrogens with zero attached hydrogens (tertiary/aromatic N) is 4. The predicted octanol–water partition coefficient (Wildman–Crippen LogP) is 18.6. The van der Waals surface area contributed by atoms with E-state index in [1.165, 1.54) is 164 Å². The Morgan fingerprint density at radius 1 is 0.435 bits per heavy atom. The lowest BCUT2D eigenvalue weighted by atomic mass is 10.00. The van der Waals surface area contributed by atoms with E-state index in [1.54, 1.807) is 0 Å². The van der Waals surface area contributed by atoms with E-state index >= 15 is 0 Å². The molecule has 380 valence electrons. The smallest absolute Gasteiger partial charge is 0.316 e. The van der Waals surface area contributed by atoms with Crippen molar-refractivity contribution in [2.75, 3.05) is 13.2 Å². The number of ether oxygens (including phenoxy) is 3. The number of rotatable bonds is 32. The van der Waals surface area contributed by atoms with E-state index in [9.17, 15) is 0 Å². The minimum atomic E-state index is -1.27. The van der Waals surface area contributed by atoms with Crippen LogP contribution < -0.4 is 14.2 Å². The fourth-order valence-electron chi connectivity index (χ4n) is 11.4. The van der Waals surface area contributed by atoms with Gasteiger partial charge in [-0.2, -0.15) is 0 Å². The Morgan fingerprint density at radius 2 is 0.812 bits per heavy atom. The number of aromatic nitrogens is 4. The van der Waals surface area contributed by atoms with Crippen LogP contribution in [0.1, 0.15) is 192 Å². The van der Waals surface area contributed by atoms with Gasteiger partial charge in [-0.3, -0.25) is 0 Å². The summed E-state index contributed by atoms with van der Waals surface area (Å²) in [6.45, 7) is 16.5. The second-order valence-corrected chi connectivity index (χ2v) is 33.1. The van der Waals surface area contributed by atoms with Crippen molar-refractivity contribution in [1.29, 1.82) is 0 Å². The van der Waals surface area contributed by atoms with Crippen molar-refractivity contribution in [2.24, 2.45) is 0 Å². The molecule has 0 aliphatic heterocycles. The molecule has 0 bridgehead atoms. The first kappa shape index (κ1) is 54.8. The zero-order valence-corrected chi connectivity index (χ0v) is 46.6. The lowest BCUT2D eigenvalue weighted by Gasteiger charge is -2.35. The van der Waals surface area contributed by atoms with Crippen molar-refractivity contribution in [3.63, 3.8) is 0 Å². The summed E-state index contributed by atoms with van der Waals surface area (Å²) in [5, 5.41) is 0. The van der Waals surface area contributed by atoms with Gasteiger partial charge in [0, 0.05) is 35.9 Å². The van der Waals surface area contributed by atoms with Gasteiger partial charge < -0.3 is 14.2 Å². The summed E-state index contributed by atoms with van der Waals surface area (Å²) in [6, 6.07) is 17.2. The maximum Gasteiger partial charge on any atom is 0.316 e. The standard InChI is InChI=1S/C60H94N4O3Si2/c1-7-9-11-13-15-25-39-65-59-61-45-53(46-62-59)49-35-37-57(51(43-49)29-23-27-41-68(3,4)55-31-19-17-20-32-55)67-58-38-36-50(54-47-63-60(64-48-54)66-40-26-16-14-12-10-8-2)44-52(58)30-24-28-42-69(5,6)56-33-21-18-22-34-56/h35-38,43-48,55-56H,7-34,39-42H2,1-6H3. The molecule has 2 aromatic carbocycles. The first-order valence-corrected chi connectivity index (χ1v) is 35.1. The molecular weight excluding hydrogens is 881 g/mol. The van der Waals surface area contributed by atoms with Gasteiger partial charge in [-0.05, 0) is 96.1 Å². The molecule has 0 N–H and O–H groups in total. The first-order valence-electron chi connectivity index (χ1n) is 28.5. The van der Waals surface area contributed by atoms with Crippen molar-refractivity contribution in [1.82, 2.24) is 19.9 Å². The van der Waals surface area contributed by atoms with Gasteiger partial charge in [0.25, 0.3) is 0 Å². The van der Waals surface area contributed by atoms with Crippen molar-refractivity contribution in [3.8, 4) is 45.8 Å². The zero-order valence-electron chi connectivity index (χ0n) is 44.6. The topological polar surface area (TPSA) is 79.2 Å². The van der Waals surface area contributed by atoms with E-state index in [0.29, 0.717) is 25.2 Å². The quantitative estimate of drug-likeness (QED) is 0.0356. The number of hydrogen-bond donors (Lipinski definition) is 0. The molecule has 6 rings (SSSR count). The van der Waals surface area contributed by atoms with Gasteiger partial charge in [0.15, 0.2) is 0 Å². The Balaban J connectivity index is 1.19. The SMILES string of the molecule is CCCCCCCCOc1ncc(-c2ccc(Oc3ccc(-c4cnc(OCCCCCCCC)nc4)cc3CCCC[Si](C)(C)C3CCCCC3)c(CCCC[Si](C)(C)C3CCCCC3)c2)cn1. The van der Waals surface area contributed by atoms with Crippen molar-refractivity contribution in [3.05, 3.63) is 72.3 Å². The molecule has 2 saturated carbocycles. The van der Waals surface area contributed by atoms with Gasteiger partial charge in [-0.25, -0.2) is 19.9 Å². The summed E-state index contributed by atoms with van der Waals surface area (Å²) >= 11 is 0. The van der Waals surface area contributed by atoms with Crippen LogP contribution in [0.15, 0.2) is 61.2 Å². The van der Waals surface area contributed by atoms with Gasteiger partial charge in [-0.1, -0.05) is 206 Å². The molecule has 0 radical (unpaired) electrons. The number of benzene rings is 2. The van der Waals surface area contributed by atoms with Crippen molar-refractivity contribution >= 4 is 16.1 Å². The van der Waals surface area contributed by atoms with E-state index in [2.05, 4.69) is 96.4 Å². The molecule has 9 heteroatoms. The fraction of sp³-hybridized carbons (Fsp3) is 0.667. The molecule has 2 aliphatic carbocycles. The highest BCUT2D eigenvalue weighted by molar-refractivity contribution is 6.79. The predicted molar refractivity (Wildman–Crippen MR) is 297 cm³/mol. The molecule has 69 heavy (non-hydrogen) atoms. The number of unbranched alkanes of at least 4 members (excludes halogenated alkanes) is 12. The van der Waals surface area contributed by atoms with Crippen LogP contribution >= 0.6 is 0 Å². The Hall–Kier alpha value is -3.57. The maximum absolute atomic E-state index is 7.13. The Morgan fingerprint density at radius 3 is 1.20 bits per heavy atom. The number of hydrogen-bond acceptors (Lipinski definition) is 7. The second kappa shape index (κ2) is 29.7. The van der Waals surface area contributed by atoms with Crippen LogP contribution in [0.25, 0.3) is 22.3 Å². The zero-order chi connectivity index (χ0) is 48.6. The van der Waals surface area contributed by atoms with Crippen molar-refractivity contribution < 1.29 is 14.2 Å². The van der Waals surface area contributed by atoms with Crippen LogP contribution in [0.2, 0.25) is 49.4 Å². The van der Waals surface area contributed by atoms with Crippen LogP contribution in [0, 0.1) is 0 Å². The Bertz CT molecular complexity index is 1880. The number of aryl methyl sites for hydroxylation is 2. The highest BCUT2D eigenvalue weighted by Gasteiger charge is 2.33. The average molecular weight is 976 g/mol. The normalized spacial score (nSPS) is 15.1. The van der Waals surface area contributed by atoms with E-state index in [-0.39, 0.29) is 0 Å². The molecule has 0 unspecified atom stereocenters. The van der Waals surface area contributed by atoms with Crippen LogP contribution in [0.5, 0.6) is 23.5 Å². The molecule has 0 amide bonds. The van der Waals surface area contributed by atoms with Gasteiger partial charge in [0.1, 0.15) is 11.5 Å². The molecule has 2 fully saturated rings. The fourth-order valence-corrected chi connectivity index (χ4v) is 18.4. The van der Waals surface area contributed by atoms with Gasteiger partial charge >= 0.3 is 12.0 Å². The van der Waals surface area contributed by atoms with Crippen LogP contribution in [0.3, 0.4) is 0 Å². The summed E-state index contributed by atoms with van der Waals surface area (Å²) in [6.07, 6.45) is 43.8. The Kier molecular flexibility index (Phi) is 23.6. The summed E-state index contributed by atoms with van der Waals surface area (Å²) < 4.78 is 19.1. The summed E-state index contributed by atoms with van der Waals surface area (Å²) in [4.78, 5) is 18.6. The van der Waals surface area contributed by atoms with Gasteiger partial charge in [0.05, 0.1) is 29.4 Å².